The van der Waals surface area contributed by atoms with Crippen LogP contribution < -0.4 is 4.90 Å². The van der Waals surface area contributed by atoms with E-state index in [0.29, 0.717) is 0 Å². The second-order valence-corrected chi connectivity index (χ2v) is 15.7. The standard InChI is InChI=1S/C60H41N/c1-4-15-42(16-5-1)44-27-29-45(30-28-44)46-31-35-51(36-32-46)61(52-23-14-22-49(39-52)43-17-6-2-7-18-43)60-40-50(34-37-54(60)47-19-8-3-9-20-47)58-41-59-53-24-11-10-21-48(53)33-38-57(59)55-25-12-13-26-56(55)58/h1-41H. The van der Waals surface area contributed by atoms with Crippen LogP contribution in [0.15, 0.2) is 249 Å². The Morgan fingerprint density at radius 3 is 1.38 bits per heavy atom. The van der Waals surface area contributed by atoms with Gasteiger partial charge in [-0.05, 0) is 119 Å². The summed E-state index contributed by atoms with van der Waals surface area (Å²) in [6.07, 6.45) is 0. The summed E-state index contributed by atoms with van der Waals surface area (Å²) < 4.78 is 0. The third-order valence-electron chi connectivity index (χ3n) is 12.1. The van der Waals surface area contributed by atoms with Crippen molar-refractivity contribution in [1.29, 1.82) is 0 Å². The van der Waals surface area contributed by atoms with Crippen LogP contribution in [0.1, 0.15) is 0 Å². The fourth-order valence-corrected chi connectivity index (χ4v) is 9.02. The van der Waals surface area contributed by atoms with Crippen LogP contribution in [0.5, 0.6) is 0 Å². The van der Waals surface area contributed by atoms with E-state index in [1.165, 1.54) is 76.8 Å². The van der Waals surface area contributed by atoms with E-state index in [-0.39, 0.29) is 0 Å². The maximum atomic E-state index is 2.44. The molecule has 0 fully saturated rings. The van der Waals surface area contributed by atoms with Gasteiger partial charge >= 0.3 is 0 Å². The molecule has 0 aliphatic heterocycles. The van der Waals surface area contributed by atoms with Gasteiger partial charge in [0.05, 0.1) is 5.69 Å². The molecule has 1 nitrogen and oxygen atoms in total. The molecule has 1 heteroatoms. The molecule has 0 amide bonds. The average Bonchev–Trinajstić information content (AvgIpc) is 3.35. The maximum absolute atomic E-state index is 2.44. The molecular formula is C60H41N. The van der Waals surface area contributed by atoms with E-state index >= 15 is 0 Å². The van der Waals surface area contributed by atoms with Gasteiger partial charge in [-0.2, -0.15) is 0 Å². The number of anilines is 3. The van der Waals surface area contributed by atoms with Crippen molar-refractivity contribution in [3.05, 3.63) is 249 Å². The molecule has 0 heterocycles. The van der Waals surface area contributed by atoms with Gasteiger partial charge in [0.15, 0.2) is 0 Å². The van der Waals surface area contributed by atoms with Gasteiger partial charge < -0.3 is 4.90 Å². The molecule has 286 valence electrons. The van der Waals surface area contributed by atoms with Crippen LogP contribution in [0.3, 0.4) is 0 Å². The molecule has 0 aliphatic carbocycles. The van der Waals surface area contributed by atoms with Crippen molar-refractivity contribution in [2.75, 3.05) is 4.90 Å². The highest BCUT2D eigenvalue weighted by molar-refractivity contribution is 6.21. The Bertz CT molecular complexity index is 3320. The van der Waals surface area contributed by atoms with E-state index in [1.807, 2.05) is 0 Å². The van der Waals surface area contributed by atoms with E-state index in [0.717, 1.165) is 28.2 Å². The summed E-state index contributed by atoms with van der Waals surface area (Å²) in [5.74, 6) is 0. The van der Waals surface area contributed by atoms with Crippen LogP contribution in [-0.4, -0.2) is 0 Å². The highest BCUT2D eigenvalue weighted by Gasteiger charge is 2.21. The smallest absolute Gasteiger partial charge is 0.0546 e. The highest BCUT2D eigenvalue weighted by Crippen LogP contribution is 2.46. The summed E-state index contributed by atoms with van der Waals surface area (Å²) in [5.41, 5.74) is 15.1. The Labute approximate surface area is 357 Å². The van der Waals surface area contributed by atoms with E-state index in [1.54, 1.807) is 0 Å². The van der Waals surface area contributed by atoms with Crippen LogP contribution in [-0.2, 0) is 0 Å². The Morgan fingerprint density at radius 1 is 0.213 bits per heavy atom. The Hall–Kier alpha value is -8.00. The minimum Gasteiger partial charge on any atom is -0.310 e. The average molecular weight is 776 g/mol. The number of benzene rings is 11. The molecule has 0 spiro atoms. The predicted octanol–water partition coefficient (Wildman–Crippen LogP) is 17.0. The second-order valence-electron chi connectivity index (χ2n) is 15.7. The number of hydrogen-bond acceptors (Lipinski definition) is 1. The quantitative estimate of drug-likeness (QED) is 0.139. The first-order valence-corrected chi connectivity index (χ1v) is 21.0. The van der Waals surface area contributed by atoms with Gasteiger partial charge in [-0.15, -0.1) is 0 Å². The number of hydrogen-bond donors (Lipinski definition) is 0. The number of nitrogens with zero attached hydrogens (tertiary/aromatic N) is 1. The molecule has 11 rings (SSSR count). The second kappa shape index (κ2) is 15.6. The summed E-state index contributed by atoms with van der Waals surface area (Å²) in [5, 5.41) is 7.55. The van der Waals surface area contributed by atoms with Crippen LogP contribution in [0.4, 0.5) is 17.1 Å². The third kappa shape index (κ3) is 6.83. The number of rotatable bonds is 8. The molecule has 0 N–H and O–H groups in total. The fourth-order valence-electron chi connectivity index (χ4n) is 9.02. The molecule has 0 atom stereocenters. The lowest BCUT2D eigenvalue weighted by molar-refractivity contribution is 1.28. The van der Waals surface area contributed by atoms with Crippen LogP contribution in [0, 0.1) is 0 Å². The molecule has 0 aliphatic rings. The van der Waals surface area contributed by atoms with Gasteiger partial charge in [0.1, 0.15) is 0 Å². The third-order valence-corrected chi connectivity index (χ3v) is 12.1. The largest absolute Gasteiger partial charge is 0.310 e. The Morgan fingerprint density at radius 2 is 0.705 bits per heavy atom. The minimum atomic E-state index is 1.08. The Kier molecular flexibility index (Phi) is 9.26. The molecule has 0 radical (unpaired) electrons. The van der Waals surface area contributed by atoms with Crippen molar-refractivity contribution >= 4 is 49.4 Å². The van der Waals surface area contributed by atoms with Crippen LogP contribution in [0.2, 0.25) is 0 Å². The summed E-state index contributed by atoms with van der Waals surface area (Å²) in [4.78, 5) is 2.44. The summed E-state index contributed by atoms with van der Waals surface area (Å²) >= 11 is 0. The first kappa shape index (κ1) is 36.1. The van der Waals surface area contributed by atoms with Gasteiger partial charge in [0.2, 0.25) is 0 Å². The molecule has 11 aromatic carbocycles. The molecule has 0 saturated heterocycles. The van der Waals surface area contributed by atoms with Gasteiger partial charge in [0.25, 0.3) is 0 Å². The highest BCUT2D eigenvalue weighted by atomic mass is 15.1. The lowest BCUT2D eigenvalue weighted by Crippen LogP contribution is -2.11. The zero-order valence-corrected chi connectivity index (χ0v) is 33.6. The fraction of sp³-hybridized carbons (Fsp3) is 0. The topological polar surface area (TPSA) is 3.24 Å². The first-order chi connectivity index (χ1) is 30.2. The van der Waals surface area contributed by atoms with E-state index < -0.39 is 0 Å². The van der Waals surface area contributed by atoms with Gasteiger partial charge in [-0.3, -0.25) is 0 Å². The SMILES string of the molecule is c1ccc(-c2ccc(-c3ccc(N(c4cccc(-c5ccccc5)c4)c4cc(-c5cc6c7ccccc7ccc6c6ccccc56)ccc4-c4ccccc4)cc3)cc2)cc1. The molecule has 0 bridgehead atoms. The summed E-state index contributed by atoms with van der Waals surface area (Å²) in [6, 6.07) is 90.5. The van der Waals surface area contributed by atoms with E-state index in [2.05, 4.69) is 254 Å². The first-order valence-electron chi connectivity index (χ1n) is 21.0. The van der Waals surface area contributed by atoms with Crippen molar-refractivity contribution < 1.29 is 0 Å². The normalized spacial score (nSPS) is 11.3. The van der Waals surface area contributed by atoms with Crippen molar-refractivity contribution in [1.82, 2.24) is 0 Å². The molecule has 11 aromatic rings. The van der Waals surface area contributed by atoms with Gasteiger partial charge in [0, 0.05) is 16.9 Å². The molecule has 0 unspecified atom stereocenters. The maximum Gasteiger partial charge on any atom is 0.0546 e. The van der Waals surface area contributed by atoms with Crippen LogP contribution >= 0.6 is 0 Å². The van der Waals surface area contributed by atoms with E-state index in [4.69, 9.17) is 0 Å². The van der Waals surface area contributed by atoms with Crippen molar-refractivity contribution in [2.24, 2.45) is 0 Å². The lowest BCUT2D eigenvalue weighted by Gasteiger charge is -2.29. The summed E-state index contributed by atoms with van der Waals surface area (Å²) in [6.45, 7) is 0. The zero-order valence-electron chi connectivity index (χ0n) is 33.6. The van der Waals surface area contributed by atoms with Gasteiger partial charge in [-0.1, -0.05) is 212 Å². The monoisotopic (exact) mass is 775 g/mol. The number of fused-ring (bicyclic) bond motifs is 5. The summed E-state index contributed by atoms with van der Waals surface area (Å²) in [7, 11) is 0. The van der Waals surface area contributed by atoms with E-state index in [9.17, 15) is 0 Å². The zero-order chi connectivity index (χ0) is 40.5. The predicted molar refractivity (Wildman–Crippen MR) is 261 cm³/mol. The minimum absolute atomic E-state index is 1.08. The van der Waals surface area contributed by atoms with Gasteiger partial charge in [-0.25, -0.2) is 0 Å². The van der Waals surface area contributed by atoms with Crippen molar-refractivity contribution in [3.8, 4) is 55.6 Å². The Balaban J connectivity index is 1.12. The lowest BCUT2D eigenvalue weighted by atomic mass is 9.89. The molecule has 0 saturated carbocycles. The van der Waals surface area contributed by atoms with Crippen LogP contribution in [0.25, 0.3) is 88.0 Å². The van der Waals surface area contributed by atoms with Crippen molar-refractivity contribution in [2.45, 2.75) is 0 Å². The molecular weight excluding hydrogens is 735 g/mol. The van der Waals surface area contributed by atoms with Crippen molar-refractivity contribution in [3.63, 3.8) is 0 Å². The molecule has 61 heavy (non-hydrogen) atoms. The molecule has 0 aromatic heterocycles.